The normalized spacial score (nSPS) is 17.2. The van der Waals surface area contributed by atoms with E-state index in [-0.39, 0.29) is 22.9 Å². The fourth-order valence-corrected chi connectivity index (χ4v) is 3.22. The molecule has 0 bridgehead atoms. The summed E-state index contributed by atoms with van der Waals surface area (Å²) in [4.78, 5) is 25.3. The van der Waals surface area contributed by atoms with Crippen molar-refractivity contribution in [2.24, 2.45) is 0 Å². The largest absolute Gasteiger partial charge is 0.478 e. The van der Waals surface area contributed by atoms with Crippen molar-refractivity contribution in [1.29, 1.82) is 0 Å². The van der Waals surface area contributed by atoms with E-state index in [1.807, 2.05) is 0 Å². The fraction of sp³-hybridized carbons (Fsp3) is 0.263. The van der Waals surface area contributed by atoms with Crippen LogP contribution in [-0.4, -0.2) is 41.6 Å². The number of hydrogen-bond acceptors (Lipinski definition) is 3. The molecule has 0 saturated carbocycles. The number of aromatic carboxylic acids is 1. The van der Waals surface area contributed by atoms with Crippen LogP contribution in [0.2, 0.25) is 5.02 Å². The molecule has 1 aliphatic heterocycles. The van der Waals surface area contributed by atoms with Crippen LogP contribution >= 0.6 is 11.6 Å². The SMILES string of the molecule is O=C(O)c1cccc(CC(=O)N2CCOC(c3ccc(F)cc3Cl)C2)c1. The molecule has 0 spiro atoms. The number of carboxylic acids is 1. The Balaban J connectivity index is 1.70. The first-order valence-electron chi connectivity index (χ1n) is 8.10. The Kier molecular flexibility index (Phi) is 5.54. The number of hydrogen-bond donors (Lipinski definition) is 1. The minimum Gasteiger partial charge on any atom is -0.478 e. The van der Waals surface area contributed by atoms with Gasteiger partial charge in [-0.15, -0.1) is 0 Å². The van der Waals surface area contributed by atoms with E-state index in [0.29, 0.717) is 30.8 Å². The standard InChI is InChI=1S/C19H17ClFNO4/c20-16-10-14(21)4-5-15(16)17-11-22(6-7-26-17)18(23)9-12-2-1-3-13(8-12)19(24)25/h1-5,8,10,17H,6-7,9,11H2,(H,24,25). The van der Waals surface area contributed by atoms with Gasteiger partial charge in [0.05, 0.1) is 25.1 Å². The number of rotatable bonds is 4. The third-order valence-corrected chi connectivity index (χ3v) is 4.59. The van der Waals surface area contributed by atoms with Crippen LogP contribution in [0.15, 0.2) is 42.5 Å². The summed E-state index contributed by atoms with van der Waals surface area (Å²) in [6.45, 7) is 1.09. The van der Waals surface area contributed by atoms with E-state index in [9.17, 15) is 14.0 Å². The molecule has 2 aromatic carbocycles. The van der Waals surface area contributed by atoms with Gasteiger partial charge in [-0.3, -0.25) is 4.79 Å². The van der Waals surface area contributed by atoms with Crippen molar-refractivity contribution in [3.8, 4) is 0 Å². The van der Waals surface area contributed by atoms with E-state index in [4.69, 9.17) is 21.4 Å². The predicted molar refractivity (Wildman–Crippen MR) is 93.8 cm³/mol. The van der Waals surface area contributed by atoms with Gasteiger partial charge in [-0.05, 0) is 29.8 Å². The molecule has 0 aliphatic carbocycles. The third-order valence-electron chi connectivity index (χ3n) is 4.26. The molecule has 1 unspecified atom stereocenters. The highest BCUT2D eigenvalue weighted by molar-refractivity contribution is 6.31. The van der Waals surface area contributed by atoms with Crippen LogP contribution < -0.4 is 0 Å². The molecule has 136 valence electrons. The minimum atomic E-state index is -1.03. The van der Waals surface area contributed by atoms with Gasteiger partial charge in [-0.2, -0.15) is 0 Å². The molecular formula is C19H17ClFNO4. The highest BCUT2D eigenvalue weighted by Crippen LogP contribution is 2.29. The second-order valence-corrected chi connectivity index (χ2v) is 6.45. The van der Waals surface area contributed by atoms with Crippen LogP contribution in [-0.2, 0) is 16.0 Å². The smallest absolute Gasteiger partial charge is 0.335 e. The Bertz CT molecular complexity index is 842. The van der Waals surface area contributed by atoms with Crippen molar-refractivity contribution in [1.82, 2.24) is 4.90 Å². The van der Waals surface area contributed by atoms with Crippen molar-refractivity contribution < 1.29 is 23.8 Å². The lowest BCUT2D eigenvalue weighted by Gasteiger charge is -2.33. The molecule has 5 nitrogen and oxygen atoms in total. The zero-order chi connectivity index (χ0) is 18.7. The lowest BCUT2D eigenvalue weighted by Crippen LogP contribution is -2.43. The maximum absolute atomic E-state index is 13.2. The Labute approximate surface area is 154 Å². The van der Waals surface area contributed by atoms with Gasteiger partial charge in [-0.1, -0.05) is 29.8 Å². The van der Waals surface area contributed by atoms with E-state index in [2.05, 4.69) is 0 Å². The fourth-order valence-electron chi connectivity index (χ4n) is 2.93. The number of carbonyl (C=O) groups excluding carboxylic acids is 1. The van der Waals surface area contributed by atoms with Gasteiger partial charge in [0.2, 0.25) is 5.91 Å². The number of carboxylic acid groups (broad SMARTS) is 1. The van der Waals surface area contributed by atoms with E-state index in [1.165, 1.54) is 24.3 Å². The predicted octanol–water partition coefficient (Wildman–Crippen LogP) is 3.32. The molecule has 3 rings (SSSR count). The maximum atomic E-state index is 13.2. The summed E-state index contributed by atoms with van der Waals surface area (Å²) < 4.78 is 18.9. The molecule has 1 N–H and O–H groups in total. The number of halogens is 2. The highest BCUT2D eigenvalue weighted by atomic mass is 35.5. The Hall–Kier alpha value is -2.44. The van der Waals surface area contributed by atoms with Crippen LogP contribution in [0.4, 0.5) is 4.39 Å². The summed E-state index contributed by atoms with van der Waals surface area (Å²) in [7, 11) is 0. The number of amides is 1. The van der Waals surface area contributed by atoms with Gasteiger partial charge in [0.25, 0.3) is 0 Å². The summed E-state index contributed by atoms with van der Waals surface area (Å²) in [5.74, 6) is -1.59. The lowest BCUT2D eigenvalue weighted by atomic mass is 10.1. The maximum Gasteiger partial charge on any atom is 0.335 e. The molecule has 1 heterocycles. The van der Waals surface area contributed by atoms with Crippen molar-refractivity contribution in [3.63, 3.8) is 0 Å². The molecule has 1 aliphatic rings. The zero-order valence-electron chi connectivity index (χ0n) is 13.8. The molecule has 1 fully saturated rings. The number of ether oxygens (including phenoxy) is 1. The second-order valence-electron chi connectivity index (χ2n) is 6.05. The van der Waals surface area contributed by atoms with Crippen LogP contribution in [0.5, 0.6) is 0 Å². The molecule has 7 heteroatoms. The van der Waals surface area contributed by atoms with Gasteiger partial charge in [-0.25, -0.2) is 9.18 Å². The van der Waals surface area contributed by atoms with E-state index in [1.54, 1.807) is 23.1 Å². The molecule has 0 aromatic heterocycles. The van der Waals surface area contributed by atoms with Crippen LogP contribution in [0.3, 0.4) is 0 Å². The average Bonchev–Trinajstić information content (AvgIpc) is 2.62. The summed E-state index contributed by atoms with van der Waals surface area (Å²) in [5.41, 5.74) is 1.42. The first kappa shape index (κ1) is 18.4. The monoisotopic (exact) mass is 377 g/mol. The van der Waals surface area contributed by atoms with Gasteiger partial charge in [0.1, 0.15) is 11.9 Å². The zero-order valence-corrected chi connectivity index (χ0v) is 14.6. The van der Waals surface area contributed by atoms with Crippen molar-refractivity contribution in [2.75, 3.05) is 19.7 Å². The lowest BCUT2D eigenvalue weighted by molar-refractivity contribution is -0.138. The summed E-state index contributed by atoms with van der Waals surface area (Å²) >= 11 is 6.09. The summed E-state index contributed by atoms with van der Waals surface area (Å²) in [6, 6.07) is 10.4. The molecule has 1 saturated heterocycles. The number of nitrogens with zero attached hydrogens (tertiary/aromatic N) is 1. The Morgan fingerprint density at radius 3 is 2.81 bits per heavy atom. The highest BCUT2D eigenvalue weighted by Gasteiger charge is 2.27. The quantitative estimate of drug-likeness (QED) is 0.887. The molecule has 0 radical (unpaired) electrons. The first-order valence-corrected chi connectivity index (χ1v) is 8.48. The summed E-state index contributed by atoms with van der Waals surface area (Å²) in [5, 5.41) is 9.31. The van der Waals surface area contributed by atoms with Crippen LogP contribution in [0.25, 0.3) is 0 Å². The van der Waals surface area contributed by atoms with E-state index >= 15 is 0 Å². The topological polar surface area (TPSA) is 66.8 Å². The number of benzene rings is 2. The van der Waals surface area contributed by atoms with E-state index < -0.39 is 17.9 Å². The van der Waals surface area contributed by atoms with Gasteiger partial charge >= 0.3 is 5.97 Å². The Morgan fingerprint density at radius 1 is 1.27 bits per heavy atom. The van der Waals surface area contributed by atoms with Crippen molar-refractivity contribution >= 4 is 23.5 Å². The van der Waals surface area contributed by atoms with Crippen LogP contribution in [0, 0.1) is 5.82 Å². The van der Waals surface area contributed by atoms with Gasteiger partial charge < -0.3 is 14.7 Å². The average molecular weight is 378 g/mol. The van der Waals surface area contributed by atoms with Crippen LogP contribution in [0.1, 0.15) is 27.6 Å². The minimum absolute atomic E-state index is 0.102. The number of morpholine rings is 1. The molecule has 1 atom stereocenters. The third kappa shape index (κ3) is 4.20. The first-order chi connectivity index (χ1) is 12.4. The van der Waals surface area contributed by atoms with Crippen molar-refractivity contribution in [3.05, 3.63) is 70.0 Å². The molecule has 26 heavy (non-hydrogen) atoms. The summed E-state index contributed by atoms with van der Waals surface area (Å²) in [6.07, 6.45) is -0.323. The number of carbonyl (C=O) groups is 2. The molecular weight excluding hydrogens is 361 g/mol. The van der Waals surface area contributed by atoms with Crippen molar-refractivity contribution in [2.45, 2.75) is 12.5 Å². The molecule has 1 amide bonds. The Morgan fingerprint density at radius 2 is 2.08 bits per heavy atom. The van der Waals surface area contributed by atoms with Gasteiger partial charge in [0, 0.05) is 17.1 Å². The second kappa shape index (κ2) is 7.85. The van der Waals surface area contributed by atoms with Gasteiger partial charge in [0.15, 0.2) is 0 Å². The molecule has 2 aromatic rings. The van der Waals surface area contributed by atoms with E-state index in [0.717, 1.165) is 0 Å².